The number of aromatic nitrogens is 6. The van der Waals surface area contributed by atoms with Crippen LogP contribution in [-0.4, -0.2) is 61.7 Å². The zero-order valence-corrected chi connectivity index (χ0v) is 19.7. The number of urea groups is 1. The molecule has 1 aliphatic heterocycles. The summed E-state index contributed by atoms with van der Waals surface area (Å²) in [6.07, 6.45) is 9.11. The van der Waals surface area contributed by atoms with Crippen LogP contribution in [0.3, 0.4) is 0 Å². The number of allylic oxidation sites excluding steroid dienone is 1. The summed E-state index contributed by atoms with van der Waals surface area (Å²) in [6.45, 7) is 0.612. The molecule has 0 bridgehead atoms. The number of aromatic amines is 2. The number of pyridine rings is 2. The van der Waals surface area contributed by atoms with Crippen LogP contribution >= 0.6 is 0 Å². The SMILES string of the molecule is CN(C)C(=O)NC1=CNCC(c2cnc3n[nH]c(-c4nc5c(-c6cccnc6)cccc5[nH]4)c3c2)=C1. The number of hydrogen-bond acceptors (Lipinski definition) is 6. The van der Waals surface area contributed by atoms with Gasteiger partial charge in [0.1, 0.15) is 5.69 Å². The molecule has 0 saturated heterocycles. The number of H-pyrrole nitrogens is 2. The highest BCUT2D eigenvalue weighted by Crippen LogP contribution is 2.31. The third-order valence-electron chi connectivity index (χ3n) is 6.04. The Morgan fingerprint density at radius 2 is 2.03 bits per heavy atom. The number of imidazole rings is 1. The maximum absolute atomic E-state index is 12.1. The van der Waals surface area contributed by atoms with E-state index in [1.54, 1.807) is 32.7 Å². The van der Waals surface area contributed by atoms with Crippen LogP contribution in [-0.2, 0) is 0 Å². The van der Waals surface area contributed by atoms with E-state index < -0.39 is 0 Å². The van der Waals surface area contributed by atoms with Gasteiger partial charge in [-0.1, -0.05) is 18.2 Å². The van der Waals surface area contributed by atoms with Gasteiger partial charge in [0.05, 0.1) is 22.1 Å². The van der Waals surface area contributed by atoms with Crippen molar-refractivity contribution in [3.63, 3.8) is 0 Å². The standard InChI is InChI=1S/C26H23N9O/c1-35(2)26(36)30-18-9-16(12-28-14-18)17-10-20-23(33-34-24(20)29-13-17)25-31-21-7-3-6-19(22(21)32-25)15-5-4-8-27-11-15/h3-11,13-14,28H,12H2,1-2H3,(H,30,36)(H,31,32)(H,29,33,34). The van der Waals surface area contributed by atoms with Crippen molar-refractivity contribution in [2.24, 2.45) is 0 Å². The van der Waals surface area contributed by atoms with Gasteiger partial charge in [-0.2, -0.15) is 5.10 Å². The largest absolute Gasteiger partial charge is 0.385 e. The fourth-order valence-electron chi connectivity index (χ4n) is 4.21. The van der Waals surface area contributed by atoms with Crippen molar-refractivity contribution in [1.29, 1.82) is 0 Å². The number of para-hydroxylation sites is 1. The van der Waals surface area contributed by atoms with Crippen molar-refractivity contribution < 1.29 is 4.79 Å². The number of carbonyl (C=O) groups excluding carboxylic acids is 1. The van der Waals surface area contributed by atoms with Gasteiger partial charge in [0.25, 0.3) is 0 Å². The van der Waals surface area contributed by atoms with Crippen LogP contribution in [0.1, 0.15) is 5.56 Å². The highest BCUT2D eigenvalue weighted by molar-refractivity contribution is 5.97. The zero-order valence-electron chi connectivity index (χ0n) is 19.7. The summed E-state index contributed by atoms with van der Waals surface area (Å²) in [5.74, 6) is 0.678. The number of rotatable bonds is 4. The Morgan fingerprint density at radius 1 is 1.11 bits per heavy atom. The molecule has 5 aromatic rings. The van der Waals surface area contributed by atoms with Gasteiger partial charge in [0.15, 0.2) is 11.5 Å². The van der Waals surface area contributed by atoms with Crippen LogP contribution in [0, 0.1) is 0 Å². The lowest BCUT2D eigenvalue weighted by Gasteiger charge is -2.18. The van der Waals surface area contributed by atoms with Crippen molar-refractivity contribution in [3.05, 3.63) is 78.5 Å². The van der Waals surface area contributed by atoms with E-state index in [1.165, 1.54) is 4.90 Å². The summed E-state index contributed by atoms with van der Waals surface area (Å²) in [5.41, 5.74) is 7.75. The van der Waals surface area contributed by atoms with E-state index in [0.717, 1.165) is 44.4 Å². The average Bonchev–Trinajstić information content (AvgIpc) is 3.53. The van der Waals surface area contributed by atoms with Gasteiger partial charge < -0.3 is 20.5 Å². The fraction of sp³-hybridized carbons (Fsp3) is 0.115. The molecule has 1 aliphatic rings. The summed E-state index contributed by atoms with van der Waals surface area (Å²) in [6, 6.07) is 11.8. The number of carbonyl (C=O) groups is 1. The fourth-order valence-corrected chi connectivity index (χ4v) is 4.21. The predicted octanol–water partition coefficient (Wildman–Crippen LogP) is 3.66. The van der Waals surface area contributed by atoms with Crippen LogP contribution in [0.4, 0.5) is 4.79 Å². The molecule has 5 heterocycles. The lowest BCUT2D eigenvalue weighted by molar-refractivity contribution is 0.220. The Hall–Kier alpha value is -4.99. The molecule has 4 N–H and O–H groups in total. The number of amides is 2. The second-order valence-corrected chi connectivity index (χ2v) is 8.70. The Balaban J connectivity index is 1.39. The van der Waals surface area contributed by atoms with Gasteiger partial charge in [-0.15, -0.1) is 0 Å². The van der Waals surface area contributed by atoms with Crippen LogP contribution in [0.2, 0.25) is 0 Å². The van der Waals surface area contributed by atoms with Gasteiger partial charge in [-0.05, 0) is 35.4 Å². The molecule has 178 valence electrons. The van der Waals surface area contributed by atoms with Gasteiger partial charge in [-0.25, -0.2) is 14.8 Å². The molecule has 10 nitrogen and oxygen atoms in total. The molecule has 36 heavy (non-hydrogen) atoms. The molecule has 0 spiro atoms. The molecule has 2 amide bonds. The summed E-state index contributed by atoms with van der Waals surface area (Å²) in [4.78, 5) is 30.7. The number of hydrogen-bond donors (Lipinski definition) is 4. The van der Waals surface area contributed by atoms with Crippen molar-refractivity contribution in [3.8, 4) is 22.6 Å². The molecule has 0 unspecified atom stereocenters. The van der Waals surface area contributed by atoms with E-state index >= 15 is 0 Å². The molecule has 4 aromatic heterocycles. The number of nitrogens with one attached hydrogen (secondary N) is 4. The Kier molecular flexibility index (Phi) is 5.18. The summed E-state index contributed by atoms with van der Waals surface area (Å²) in [7, 11) is 3.40. The Labute approximate surface area is 206 Å². The lowest BCUT2D eigenvalue weighted by atomic mass is 10.0. The summed E-state index contributed by atoms with van der Waals surface area (Å²) in [5, 5.41) is 14.4. The smallest absolute Gasteiger partial charge is 0.321 e. The normalized spacial score (nSPS) is 13.3. The second-order valence-electron chi connectivity index (χ2n) is 8.70. The van der Waals surface area contributed by atoms with Crippen molar-refractivity contribution in [2.75, 3.05) is 20.6 Å². The average molecular weight is 478 g/mol. The monoisotopic (exact) mass is 477 g/mol. The number of fused-ring (bicyclic) bond motifs is 2. The number of nitrogens with zero attached hydrogens (tertiary/aromatic N) is 5. The molecule has 6 rings (SSSR count). The second kappa shape index (κ2) is 8.66. The minimum atomic E-state index is -0.193. The molecule has 0 radical (unpaired) electrons. The summed E-state index contributed by atoms with van der Waals surface area (Å²) < 4.78 is 0. The highest BCUT2D eigenvalue weighted by Gasteiger charge is 2.17. The van der Waals surface area contributed by atoms with E-state index in [-0.39, 0.29) is 6.03 Å². The Morgan fingerprint density at radius 3 is 2.86 bits per heavy atom. The highest BCUT2D eigenvalue weighted by atomic mass is 16.2. The number of dihydropyridines is 1. The topological polar surface area (TPSA) is 128 Å². The maximum Gasteiger partial charge on any atom is 0.321 e. The molecule has 0 atom stereocenters. The van der Waals surface area contributed by atoms with E-state index in [1.807, 2.05) is 48.7 Å². The molecular weight excluding hydrogens is 454 g/mol. The van der Waals surface area contributed by atoms with Crippen molar-refractivity contribution in [2.45, 2.75) is 0 Å². The van der Waals surface area contributed by atoms with Gasteiger partial charge >= 0.3 is 6.03 Å². The van der Waals surface area contributed by atoms with E-state index in [2.05, 4.69) is 35.8 Å². The predicted molar refractivity (Wildman–Crippen MR) is 138 cm³/mol. The molecule has 0 fully saturated rings. The Bertz CT molecular complexity index is 1660. The molecule has 1 aromatic carbocycles. The molecule has 0 aliphatic carbocycles. The van der Waals surface area contributed by atoms with Crippen LogP contribution in [0.15, 0.2) is 73.0 Å². The first-order valence-electron chi connectivity index (χ1n) is 11.4. The van der Waals surface area contributed by atoms with Gasteiger partial charge in [0, 0.05) is 56.6 Å². The van der Waals surface area contributed by atoms with Crippen molar-refractivity contribution in [1.82, 2.24) is 45.7 Å². The molecule has 0 saturated carbocycles. The molecule has 10 heteroatoms. The van der Waals surface area contributed by atoms with Gasteiger partial charge in [-0.3, -0.25) is 10.1 Å². The van der Waals surface area contributed by atoms with E-state index in [0.29, 0.717) is 23.7 Å². The minimum absolute atomic E-state index is 0.193. The third kappa shape index (κ3) is 3.84. The first kappa shape index (κ1) is 21.5. The lowest BCUT2D eigenvalue weighted by Crippen LogP contribution is -2.35. The first-order chi connectivity index (χ1) is 17.6. The number of benzene rings is 1. The summed E-state index contributed by atoms with van der Waals surface area (Å²) >= 11 is 0. The van der Waals surface area contributed by atoms with Crippen LogP contribution < -0.4 is 10.6 Å². The third-order valence-corrected chi connectivity index (χ3v) is 6.04. The first-order valence-corrected chi connectivity index (χ1v) is 11.4. The van der Waals surface area contributed by atoms with E-state index in [9.17, 15) is 4.79 Å². The zero-order chi connectivity index (χ0) is 24.6. The quantitative estimate of drug-likeness (QED) is 0.313. The van der Waals surface area contributed by atoms with Gasteiger partial charge in [0.2, 0.25) is 0 Å². The van der Waals surface area contributed by atoms with Crippen molar-refractivity contribution >= 4 is 33.7 Å². The maximum atomic E-state index is 12.1. The minimum Gasteiger partial charge on any atom is -0.385 e. The van der Waals surface area contributed by atoms with E-state index in [4.69, 9.17) is 4.98 Å². The van der Waals surface area contributed by atoms with Crippen LogP contribution in [0.5, 0.6) is 0 Å². The molecular formula is C26H23N9O. The van der Waals surface area contributed by atoms with Crippen LogP contribution in [0.25, 0.3) is 50.3 Å².